The highest BCUT2D eigenvalue weighted by atomic mass is 35.5. The average molecular weight is 429 g/mol. The molecule has 1 heterocycles. The molecule has 0 bridgehead atoms. The van der Waals surface area contributed by atoms with Gasteiger partial charge in [-0.1, -0.05) is 17.7 Å². The van der Waals surface area contributed by atoms with Gasteiger partial charge in [0.15, 0.2) is 11.5 Å². The van der Waals surface area contributed by atoms with Crippen molar-refractivity contribution in [3.05, 3.63) is 58.6 Å². The van der Waals surface area contributed by atoms with Gasteiger partial charge in [-0.15, -0.1) is 0 Å². The molecule has 0 atom stereocenters. The number of amides is 2. The molecular formula is C23H25ClN2O4. The Labute approximate surface area is 181 Å². The van der Waals surface area contributed by atoms with Crippen LogP contribution in [0.4, 0.5) is 5.69 Å². The minimum Gasteiger partial charge on any atom is -0.493 e. The third kappa shape index (κ3) is 5.33. The summed E-state index contributed by atoms with van der Waals surface area (Å²) in [5.41, 5.74) is 1.62. The molecule has 0 unspecified atom stereocenters. The predicted molar refractivity (Wildman–Crippen MR) is 118 cm³/mol. The maximum Gasteiger partial charge on any atom is 0.256 e. The zero-order valence-electron chi connectivity index (χ0n) is 17.1. The van der Waals surface area contributed by atoms with Crippen molar-refractivity contribution in [2.24, 2.45) is 0 Å². The normalized spacial score (nSPS) is 13.5. The van der Waals surface area contributed by atoms with Crippen LogP contribution in [0.1, 0.15) is 35.7 Å². The number of nitrogens with zero attached hydrogens (tertiary/aromatic N) is 1. The number of hydrogen-bond donors (Lipinski definition) is 1. The Kier molecular flexibility index (Phi) is 7.36. The van der Waals surface area contributed by atoms with Crippen molar-refractivity contribution >= 4 is 35.2 Å². The Morgan fingerprint density at radius 3 is 2.60 bits per heavy atom. The number of benzene rings is 2. The minimum absolute atomic E-state index is 0.120. The SMILES string of the molecule is CCOc1ccc(/C=C/C(=O)Nc2ccc(Cl)cc2C(=O)N2CCCC2)cc1OC. The number of carbonyl (C=O) groups excluding carboxylic acids is 2. The molecule has 1 aliphatic rings. The fraction of sp³-hybridized carbons (Fsp3) is 0.304. The van der Waals surface area contributed by atoms with E-state index < -0.39 is 0 Å². The standard InChI is InChI=1S/C23H25ClN2O4/c1-3-30-20-10-6-16(14-21(20)29-2)7-11-22(27)25-19-9-8-17(24)15-18(19)23(28)26-12-4-5-13-26/h6-11,14-15H,3-5,12-13H2,1-2H3,(H,25,27)/b11-7+. The second-order valence-electron chi connectivity index (χ2n) is 6.86. The molecule has 158 valence electrons. The van der Waals surface area contributed by atoms with Crippen LogP contribution in [0.3, 0.4) is 0 Å². The van der Waals surface area contributed by atoms with Crippen LogP contribution < -0.4 is 14.8 Å². The van der Waals surface area contributed by atoms with E-state index in [9.17, 15) is 9.59 Å². The molecule has 1 aliphatic heterocycles. The molecule has 7 heteroatoms. The topological polar surface area (TPSA) is 67.9 Å². The van der Waals surface area contributed by atoms with E-state index in [4.69, 9.17) is 21.1 Å². The largest absolute Gasteiger partial charge is 0.493 e. The lowest BCUT2D eigenvalue weighted by molar-refractivity contribution is -0.111. The van der Waals surface area contributed by atoms with Crippen molar-refractivity contribution in [3.63, 3.8) is 0 Å². The van der Waals surface area contributed by atoms with Gasteiger partial charge in [0.1, 0.15) is 0 Å². The highest BCUT2D eigenvalue weighted by Gasteiger charge is 2.22. The summed E-state index contributed by atoms with van der Waals surface area (Å²) < 4.78 is 10.8. The molecule has 0 saturated carbocycles. The zero-order valence-corrected chi connectivity index (χ0v) is 17.9. The first kappa shape index (κ1) is 21.7. The number of methoxy groups -OCH3 is 1. The highest BCUT2D eigenvalue weighted by Crippen LogP contribution is 2.28. The van der Waals surface area contributed by atoms with E-state index in [2.05, 4.69) is 5.32 Å². The van der Waals surface area contributed by atoms with Gasteiger partial charge in [0.2, 0.25) is 5.91 Å². The molecule has 2 amide bonds. The first-order chi connectivity index (χ1) is 14.5. The summed E-state index contributed by atoms with van der Waals surface area (Å²) in [5.74, 6) is 0.773. The maximum absolute atomic E-state index is 12.8. The molecule has 0 aromatic heterocycles. The lowest BCUT2D eigenvalue weighted by atomic mass is 10.1. The van der Waals surface area contributed by atoms with Crippen molar-refractivity contribution in [2.45, 2.75) is 19.8 Å². The van der Waals surface area contributed by atoms with E-state index in [1.165, 1.54) is 6.08 Å². The number of carbonyl (C=O) groups is 2. The van der Waals surface area contributed by atoms with Gasteiger partial charge >= 0.3 is 0 Å². The maximum atomic E-state index is 12.8. The molecular weight excluding hydrogens is 404 g/mol. The van der Waals surface area contributed by atoms with E-state index in [1.807, 2.05) is 13.0 Å². The summed E-state index contributed by atoms with van der Waals surface area (Å²) in [6.07, 6.45) is 5.06. The van der Waals surface area contributed by atoms with E-state index >= 15 is 0 Å². The van der Waals surface area contributed by atoms with Gasteiger partial charge in [-0.3, -0.25) is 9.59 Å². The van der Waals surface area contributed by atoms with Crippen molar-refractivity contribution in [1.29, 1.82) is 0 Å². The van der Waals surface area contributed by atoms with E-state index in [0.717, 1.165) is 31.5 Å². The lowest BCUT2D eigenvalue weighted by Crippen LogP contribution is -2.28. The van der Waals surface area contributed by atoms with Gasteiger partial charge in [-0.2, -0.15) is 0 Å². The molecule has 0 radical (unpaired) electrons. The van der Waals surface area contributed by atoms with Crippen LogP contribution in [-0.4, -0.2) is 43.5 Å². The Balaban J connectivity index is 1.74. The molecule has 0 aliphatic carbocycles. The summed E-state index contributed by atoms with van der Waals surface area (Å²) in [6, 6.07) is 10.3. The number of hydrogen-bond acceptors (Lipinski definition) is 4. The van der Waals surface area contributed by atoms with Gasteiger partial charge in [-0.05, 0) is 61.7 Å². The van der Waals surface area contributed by atoms with Crippen molar-refractivity contribution in [2.75, 3.05) is 32.1 Å². The highest BCUT2D eigenvalue weighted by molar-refractivity contribution is 6.31. The van der Waals surface area contributed by atoms with Gasteiger partial charge in [0, 0.05) is 24.2 Å². The van der Waals surface area contributed by atoms with Crippen molar-refractivity contribution < 1.29 is 19.1 Å². The third-order valence-electron chi connectivity index (χ3n) is 4.78. The molecule has 30 heavy (non-hydrogen) atoms. The quantitative estimate of drug-likeness (QED) is 0.652. The molecule has 1 fully saturated rings. The molecule has 3 rings (SSSR count). The van der Waals surface area contributed by atoms with Gasteiger partial charge in [0.25, 0.3) is 5.91 Å². The second-order valence-corrected chi connectivity index (χ2v) is 7.29. The number of likely N-dealkylation sites (tertiary alicyclic amines) is 1. The van der Waals surface area contributed by atoms with Gasteiger partial charge in [0.05, 0.1) is 25.0 Å². The minimum atomic E-state index is -0.347. The predicted octanol–water partition coefficient (Wildman–Crippen LogP) is 4.64. The van der Waals surface area contributed by atoms with E-state index in [0.29, 0.717) is 34.4 Å². The molecule has 2 aromatic rings. The fourth-order valence-corrected chi connectivity index (χ4v) is 3.47. The number of ether oxygens (including phenoxy) is 2. The molecule has 1 saturated heterocycles. The molecule has 0 spiro atoms. The summed E-state index contributed by atoms with van der Waals surface area (Å²) in [7, 11) is 1.57. The van der Waals surface area contributed by atoms with E-state index in [1.54, 1.807) is 48.4 Å². The Hall–Kier alpha value is -2.99. The first-order valence-corrected chi connectivity index (χ1v) is 10.3. The number of rotatable bonds is 7. The summed E-state index contributed by atoms with van der Waals surface area (Å²) in [4.78, 5) is 27.1. The Bertz CT molecular complexity index is 952. The van der Waals surface area contributed by atoms with Gasteiger partial charge < -0.3 is 19.7 Å². The molecule has 1 N–H and O–H groups in total. The van der Waals surface area contributed by atoms with Crippen LogP contribution in [0.15, 0.2) is 42.5 Å². The van der Waals surface area contributed by atoms with Crippen LogP contribution in [0.5, 0.6) is 11.5 Å². The lowest BCUT2D eigenvalue weighted by Gasteiger charge is -2.18. The monoisotopic (exact) mass is 428 g/mol. The van der Waals surface area contributed by atoms with Crippen LogP contribution >= 0.6 is 11.6 Å². The Morgan fingerprint density at radius 1 is 1.13 bits per heavy atom. The van der Waals surface area contributed by atoms with Gasteiger partial charge in [-0.25, -0.2) is 0 Å². The zero-order chi connectivity index (χ0) is 21.5. The fourth-order valence-electron chi connectivity index (χ4n) is 3.30. The number of nitrogens with one attached hydrogen (secondary N) is 1. The van der Waals surface area contributed by atoms with Crippen LogP contribution in [0, 0.1) is 0 Å². The summed E-state index contributed by atoms with van der Waals surface area (Å²) in [6.45, 7) is 3.88. The second kappa shape index (κ2) is 10.2. The van der Waals surface area contributed by atoms with Crippen LogP contribution in [0.25, 0.3) is 6.08 Å². The molecule has 2 aromatic carbocycles. The molecule has 6 nitrogen and oxygen atoms in total. The summed E-state index contributed by atoms with van der Waals surface area (Å²) in [5, 5.41) is 3.24. The average Bonchev–Trinajstić information content (AvgIpc) is 3.29. The smallest absolute Gasteiger partial charge is 0.256 e. The number of anilines is 1. The van der Waals surface area contributed by atoms with Crippen molar-refractivity contribution in [1.82, 2.24) is 4.90 Å². The Morgan fingerprint density at radius 2 is 1.90 bits per heavy atom. The van der Waals surface area contributed by atoms with E-state index in [-0.39, 0.29) is 11.8 Å². The van der Waals surface area contributed by atoms with Crippen LogP contribution in [-0.2, 0) is 4.79 Å². The first-order valence-electron chi connectivity index (χ1n) is 9.90. The number of halogens is 1. The van der Waals surface area contributed by atoms with Crippen LogP contribution in [0.2, 0.25) is 5.02 Å². The third-order valence-corrected chi connectivity index (χ3v) is 5.01. The van der Waals surface area contributed by atoms with Crippen molar-refractivity contribution in [3.8, 4) is 11.5 Å². The summed E-state index contributed by atoms with van der Waals surface area (Å²) >= 11 is 6.09.